The molecule has 0 fully saturated rings. The fourth-order valence-electron chi connectivity index (χ4n) is 5.24. The van der Waals surface area contributed by atoms with Crippen molar-refractivity contribution in [3.05, 3.63) is 96.1 Å². The van der Waals surface area contributed by atoms with Crippen LogP contribution in [0.2, 0.25) is 0 Å². The Morgan fingerprint density at radius 3 is 1.41 bits per heavy atom. The number of rotatable bonds is 8. The molecule has 37 heavy (non-hydrogen) atoms. The number of fused-ring (bicyclic) bond motifs is 4. The highest BCUT2D eigenvalue weighted by molar-refractivity contribution is 6.08. The lowest BCUT2D eigenvalue weighted by atomic mass is 10.1. The van der Waals surface area contributed by atoms with Crippen LogP contribution in [0.4, 0.5) is 11.4 Å². The van der Waals surface area contributed by atoms with Crippen LogP contribution in [0.15, 0.2) is 84.9 Å². The third-order valence-electron chi connectivity index (χ3n) is 7.13. The van der Waals surface area contributed by atoms with Crippen LogP contribution in [0.25, 0.3) is 43.6 Å². The Kier molecular flexibility index (Phi) is 6.32. The summed E-state index contributed by atoms with van der Waals surface area (Å²) in [7, 11) is 0. The maximum absolute atomic E-state index is 4.87. The zero-order valence-corrected chi connectivity index (χ0v) is 21.5. The predicted octanol–water partition coefficient (Wildman–Crippen LogP) is 8.40. The van der Waals surface area contributed by atoms with Gasteiger partial charge in [0.15, 0.2) is 0 Å². The zero-order chi connectivity index (χ0) is 25.2. The van der Waals surface area contributed by atoms with Crippen molar-refractivity contribution in [1.29, 1.82) is 0 Å². The van der Waals surface area contributed by atoms with Crippen LogP contribution in [0.3, 0.4) is 0 Å². The first-order valence-corrected chi connectivity index (χ1v) is 13.2. The number of aryl methyl sites for hydroxylation is 2. The van der Waals surface area contributed by atoms with E-state index in [1.807, 2.05) is 0 Å². The number of para-hydroxylation sites is 2. The van der Waals surface area contributed by atoms with Crippen LogP contribution in [0.1, 0.15) is 30.4 Å². The summed E-state index contributed by atoms with van der Waals surface area (Å²) in [5.41, 5.74) is 9.08. The van der Waals surface area contributed by atoms with Gasteiger partial charge in [-0.1, -0.05) is 59.7 Å². The standard InChI is InChI=1S/C33H32N4/c1-22-14-16-30-26(20-22)32(24-10-4-6-12-28(24)36-30)34-18-8-3-9-19-35-33-25-11-5-7-13-29(25)37-31-17-15-23(2)21-27(31)33/h4-7,10-17,20-21H,3,8-9,18-19H2,1-2H3,(H,34,36)(H,35,37). The first kappa shape index (κ1) is 23.2. The van der Waals surface area contributed by atoms with E-state index in [2.05, 4.69) is 109 Å². The second-order valence-corrected chi connectivity index (χ2v) is 9.96. The highest BCUT2D eigenvalue weighted by atomic mass is 14.9. The molecule has 2 N–H and O–H groups in total. The van der Waals surface area contributed by atoms with Crippen molar-refractivity contribution in [3.63, 3.8) is 0 Å². The number of hydrogen-bond donors (Lipinski definition) is 2. The number of nitrogens with zero attached hydrogens (tertiary/aromatic N) is 2. The molecule has 0 amide bonds. The van der Waals surface area contributed by atoms with Crippen molar-refractivity contribution in [2.75, 3.05) is 23.7 Å². The number of pyridine rings is 2. The lowest BCUT2D eigenvalue weighted by molar-refractivity contribution is 0.722. The van der Waals surface area contributed by atoms with Crippen LogP contribution in [0.5, 0.6) is 0 Å². The van der Waals surface area contributed by atoms with Crippen molar-refractivity contribution < 1.29 is 0 Å². The van der Waals surface area contributed by atoms with E-state index in [0.717, 1.165) is 54.4 Å². The molecule has 6 aromatic rings. The molecule has 0 radical (unpaired) electrons. The van der Waals surface area contributed by atoms with Crippen LogP contribution in [-0.4, -0.2) is 23.1 Å². The van der Waals surface area contributed by atoms with E-state index in [1.165, 1.54) is 44.0 Å². The lowest BCUT2D eigenvalue weighted by Gasteiger charge is -2.15. The molecule has 0 spiro atoms. The number of benzene rings is 4. The molecule has 0 aliphatic rings. The summed E-state index contributed by atoms with van der Waals surface area (Å²) in [5, 5.41) is 12.3. The first-order valence-electron chi connectivity index (χ1n) is 13.2. The minimum Gasteiger partial charge on any atom is -0.384 e. The van der Waals surface area contributed by atoms with Gasteiger partial charge in [0.05, 0.1) is 33.4 Å². The summed E-state index contributed by atoms with van der Waals surface area (Å²) < 4.78 is 0. The average molecular weight is 485 g/mol. The molecule has 2 heterocycles. The number of nitrogens with one attached hydrogen (secondary N) is 2. The molecule has 4 aromatic carbocycles. The van der Waals surface area contributed by atoms with Crippen LogP contribution < -0.4 is 10.6 Å². The molecule has 0 aliphatic heterocycles. The van der Waals surface area contributed by atoms with E-state index in [0.29, 0.717) is 0 Å². The molecule has 0 saturated heterocycles. The van der Waals surface area contributed by atoms with E-state index in [4.69, 9.17) is 9.97 Å². The zero-order valence-electron chi connectivity index (χ0n) is 21.5. The summed E-state index contributed by atoms with van der Waals surface area (Å²) in [6.07, 6.45) is 3.38. The number of hydrogen-bond acceptors (Lipinski definition) is 4. The fraction of sp³-hybridized carbons (Fsp3) is 0.212. The molecular weight excluding hydrogens is 452 g/mol. The summed E-state index contributed by atoms with van der Waals surface area (Å²) in [6.45, 7) is 6.17. The first-order chi connectivity index (χ1) is 18.2. The van der Waals surface area contributed by atoms with E-state index in [9.17, 15) is 0 Å². The molecule has 0 saturated carbocycles. The molecule has 0 atom stereocenters. The third kappa shape index (κ3) is 4.67. The van der Waals surface area contributed by atoms with E-state index in [-0.39, 0.29) is 0 Å². The average Bonchev–Trinajstić information content (AvgIpc) is 2.92. The second kappa shape index (κ2) is 10.1. The van der Waals surface area contributed by atoms with E-state index in [1.54, 1.807) is 0 Å². The molecule has 6 rings (SSSR count). The Labute approximate surface area is 217 Å². The highest BCUT2D eigenvalue weighted by Gasteiger charge is 2.10. The number of aromatic nitrogens is 2. The van der Waals surface area contributed by atoms with Crippen LogP contribution in [-0.2, 0) is 0 Å². The molecule has 0 aliphatic carbocycles. The van der Waals surface area contributed by atoms with Gasteiger partial charge < -0.3 is 10.6 Å². The Bertz CT molecular complexity index is 1610. The molecule has 0 bridgehead atoms. The van der Waals surface area contributed by atoms with Gasteiger partial charge in [-0.05, 0) is 69.5 Å². The maximum Gasteiger partial charge on any atom is 0.0730 e. The molecule has 4 nitrogen and oxygen atoms in total. The van der Waals surface area contributed by atoms with Gasteiger partial charge in [0, 0.05) is 34.6 Å². The Morgan fingerprint density at radius 2 is 0.919 bits per heavy atom. The quantitative estimate of drug-likeness (QED) is 0.168. The van der Waals surface area contributed by atoms with Crippen molar-refractivity contribution in [3.8, 4) is 0 Å². The SMILES string of the molecule is Cc1ccc2nc3ccccc3c(NCCCCCNc3c4ccccc4nc4ccc(C)cc34)c2c1. The summed E-state index contributed by atoms with van der Waals surface area (Å²) in [6, 6.07) is 29.8. The van der Waals surface area contributed by atoms with Gasteiger partial charge in [0.1, 0.15) is 0 Å². The lowest BCUT2D eigenvalue weighted by Crippen LogP contribution is -2.06. The van der Waals surface area contributed by atoms with Gasteiger partial charge in [-0.15, -0.1) is 0 Å². The fourth-order valence-corrected chi connectivity index (χ4v) is 5.24. The smallest absolute Gasteiger partial charge is 0.0730 e. The Balaban J connectivity index is 1.12. The van der Waals surface area contributed by atoms with Gasteiger partial charge >= 0.3 is 0 Å². The predicted molar refractivity (Wildman–Crippen MR) is 159 cm³/mol. The van der Waals surface area contributed by atoms with Gasteiger partial charge in [0.2, 0.25) is 0 Å². The monoisotopic (exact) mass is 484 g/mol. The van der Waals surface area contributed by atoms with Crippen molar-refractivity contribution in [2.24, 2.45) is 0 Å². The summed E-state index contributed by atoms with van der Waals surface area (Å²) in [4.78, 5) is 9.75. The minimum atomic E-state index is 0.942. The third-order valence-corrected chi connectivity index (χ3v) is 7.13. The van der Waals surface area contributed by atoms with Gasteiger partial charge in [-0.25, -0.2) is 9.97 Å². The molecule has 4 heteroatoms. The Hall–Kier alpha value is -4.18. The van der Waals surface area contributed by atoms with Gasteiger partial charge in [-0.2, -0.15) is 0 Å². The molecular formula is C33H32N4. The maximum atomic E-state index is 4.87. The van der Waals surface area contributed by atoms with Gasteiger partial charge in [-0.3, -0.25) is 0 Å². The number of anilines is 2. The molecule has 184 valence electrons. The highest BCUT2D eigenvalue weighted by Crippen LogP contribution is 2.32. The Morgan fingerprint density at radius 1 is 0.486 bits per heavy atom. The summed E-state index contributed by atoms with van der Waals surface area (Å²) >= 11 is 0. The molecule has 2 aromatic heterocycles. The molecule has 0 unspecified atom stereocenters. The van der Waals surface area contributed by atoms with Gasteiger partial charge in [0.25, 0.3) is 0 Å². The summed E-state index contributed by atoms with van der Waals surface area (Å²) in [5.74, 6) is 0. The van der Waals surface area contributed by atoms with E-state index < -0.39 is 0 Å². The van der Waals surface area contributed by atoms with Crippen LogP contribution in [0, 0.1) is 13.8 Å². The van der Waals surface area contributed by atoms with Crippen molar-refractivity contribution in [2.45, 2.75) is 33.1 Å². The van der Waals surface area contributed by atoms with Crippen molar-refractivity contribution in [1.82, 2.24) is 9.97 Å². The minimum absolute atomic E-state index is 0.942. The van der Waals surface area contributed by atoms with Crippen LogP contribution >= 0.6 is 0 Å². The van der Waals surface area contributed by atoms with E-state index >= 15 is 0 Å². The topological polar surface area (TPSA) is 49.8 Å². The number of unbranched alkanes of at least 4 members (excludes halogenated alkanes) is 2. The van der Waals surface area contributed by atoms with Crippen molar-refractivity contribution >= 4 is 55.0 Å². The second-order valence-electron chi connectivity index (χ2n) is 9.96. The normalized spacial score (nSPS) is 11.5. The largest absolute Gasteiger partial charge is 0.384 e.